The summed E-state index contributed by atoms with van der Waals surface area (Å²) >= 11 is 0. The Labute approximate surface area is 101 Å². The predicted octanol–water partition coefficient (Wildman–Crippen LogP) is 2.92. The number of aryl methyl sites for hydroxylation is 1. The minimum Gasteiger partial charge on any atom is -0.458 e. The van der Waals surface area contributed by atoms with Crippen LogP contribution in [0.15, 0.2) is 22.6 Å². The Morgan fingerprint density at radius 1 is 1.18 bits per heavy atom. The molecule has 4 heteroatoms. The van der Waals surface area contributed by atoms with Crippen molar-refractivity contribution >= 4 is 5.82 Å². The number of nitrogen functional groups attached to an aromatic ring is 1. The van der Waals surface area contributed by atoms with Crippen molar-refractivity contribution < 1.29 is 4.42 Å². The molecule has 0 unspecified atom stereocenters. The number of hydrogen-bond donors (Lipinski definition) is 1. The van der Waals surface area contributed by atoms with Crippen LogP contribution in [-0.4, -0.2) is 9.97 Å². The highest BCUT2D eigenvalue weighted by Crippen LogP contribution is 2.25. The van der Waals surface area contributed by atoms with E-state index in [2.05, 4.69) is 30.7 Å². The molecule has 0 aliphatic heterocycles. The van der Waals surface area contributed by atoms with Gasteiger partial charge < -0.3 is 10.2 Å². The predicted molar refractivity (Wildman–Crippen MR) is 67.6 cm³/mol. The van der Waals surface area contributed by atoms with Gasteiger partial charge in [0, 0.05) is 11.5 Å². The third-order valence-electron chi connectivity index (χ3n) is 2.48. The number of rotatable bonds is 1. The minimum absolute atomic E-state index is 0.0621. The Kier molecular flexibility index (Phi) is 2.65. The van der Waals surface area contributed by atoms with Crippen molar-refractivity contribution in [2.45, 2.75) is 33.1 Å². The first kappa shape index (κ1) is 11.6. The molecule has 0 radical (unpaired) electrons. The van der Waals surface area contributed by atoms with E-state index in [1.165, 1.54) is 0 Å². The van der Waals surface area contributed by atoms with Crippen LogP contribution in [0.2, 0.25) is 0 Å². The van der Waals surface area contributed by atoms with Gasteiger partial charge in [0.1, 0.15) is 11.6 Å². The average molecular weight is 231 g/mol. The summed E-state index contributed by atoms with van der Waals surface area (Å²) in [6.07, 6.45) is 0. The number of nitrogens with zero attached hydrogens (tertiary/aromatic N) is 2. The molecule has 2 heterocycles. The van der Waals surface area contributed by atoms with Crippen molar-refractivity contribution in [1.82, 2.24) is 9.97 Å². The monoisotopic (exact) mass is 231 g/mol. The van der Waals surface area contributed by atoms with Crippen molar-refractivity contribution in [2.75, 3.05) is 5.73 Å². The lowest BCUT2D eigenvalue weighted by Crippen LogP contribution is -2.15. The van der Waals surface area contributed by atoms with Crippen LogP contribution in [0.25, 0.3) is 11.6 Å². The van der Waals surface area contributed by atoms with Crippen LogP contribution in [0.5, 0.6) is 0 Å². The summed E-state index contributed by atoms with van der Waals surface area (Å²) in [6.45, 7) is 8.16. The maximum absolute atomic E-state index is 5.81. The molecule has 90 valence electrons. The molecule has 2 aromatic heterocycles. The zero-order valence-corrected chi connectivity index (χ0v) is 10.6. The van der Waals surface area contributed by atoms with Crippen molar-refractivity contribution in [3.63, 3.8) is 0 Å². The molecule has 2 N–H and O–H groups in total. The summed E-state index contributed by atoms with van der Waals surface area (Å²) in [7, 11) is 0. The van der Waals surface area contributed by atoms with Crippen LogP contribution in [0.4, 0.5) is 5.82 Å². The van der Waals surface area contributed by atoms with Gasteiger partial charge in [-0.25, -0.2) is 9.97 Å². The van der Waals surface area contributed by atoms with Gasteiger partial charge in [0.05, 0.1) is 5.69 Å². The van der Waals surface area contributed by atoms with Crippen LogP contribution in [0.1, 0.15) is 32.2 Å². The third kappa shape index (κ3) is 2.46. The van der Waals surface area contributed by atoms with E-state index < -0.39 is 0 Å². The minimum atomic E-state index is -0.0621. The molecule has 0 aromatic carbocycles. The van der Waals surface area contributed by atoms with Crippen molar-refractivity contribution in [3.05, 3.63) is 29.7 Å². The van der Waals surface area contributed by atoms with E-state index in [9.17, 15) is 0 Å². The van der Waals surface area contributed by atoms with Gasteiger partial charge in [-0.1, -0.05) is 20.8 Å². The van der Waals surface area contributed by atoms with Crippen molar-refractivity contribution in [1.29, 1.82) is 0 Å². The Hall–Kier alpha value is -1.84. The normalized spacial score (nSPS) is 11.8. The topological polar surface area (TPSA) is 64.9 Å². The second-order valence-electron chi connectivity index (χ2n) is 5.16. The van der Waals surface area contributed by atoms with Gasteiger partial charge in [-0.05, 0) is 19.1 Å². The molecule has 0 aliphatic carbocycles. The van der Waals surface area contributed by atoms with E-state index in [4.69, 9.17) is 10.2 Å². The largest absolute Gasteiger partial charge is 0.458 e. The van der Waals surface area contributed by atoms with Crippen LogP contribution < -0.4 is 5.73 Å². The molecular weight excluding hydrogens is 214 g/mol. The van der Waals surface area contributed by atoms with Crippen LogP contribution in [0, 0.1) is 6.92 Å². The summed E-state index contributed by atoms with van der Waals surface area (Å²) in [5.41, 5.74) is 6.66. The van der Waals surface area contributed by atoms with Gasteiger partial charge in [0.2, 0.25) is 0 Å². The van der Waals surface area contributed by atoms with Crippen LogP contribution in [-0.2, 0) is 5.41 Å². The van der Waals surface area contributed by atoms with Crippen LogP contribution >= 0.6 is 0 Å². The zero-order valence-electron chi connectivity index (χ0n) is 10.6. The first-order valence-electron chi connectivity index (χ1n) is 5.58. The highest BCUT2D eigenvalue weighted by Gasteiger charge is 2.18. The fraction of sp³-hybridized carbons (Fsp3) is 0.385. The second-order valence-corrected chi connectivity index (χ2v) is 5.16. The fourth-order valence-corrected chi connectivity index (χ4v) is 1.52. The van der Waals surface area contributed by atoms with Gasteiger partial charge >= 0.3 is 0 Å². The smallest absolute Gasteiger partial charge is 0.197 e. The summed E-state index contributed by atoms with van der Waals surface area (Å²) in [5.74, 6) is 2.50. The van der Waals surface area contributed by atoms with Crippen LogP contribution in [0.3, 0.4) is 0 Å². The van der Waals surface area contributed by atoms with Gasteiger partial charge in [0.25, 0.3) is 0 Å². The Morgan fingerprint density at radius 2 is 1.88 bits per heavy atom. The van der Waals surface area contributed by atoms with Gasteiger partial charge in [0.15, 0.2) is 11.6 Å². The van der Waals surface area contributed by atoms with E-state index in [0.717, 1.165) is 11.5 Å². The van der Waals surface area contributed by atoms with E-state index >= 15 is 0 Å². The van der Waals surface area contributed by atoms with E-state index in [0.29, 0.717) is 17.4 Å². The summed E-state index contributed by atoms with van der Waals surface area (Å²) in [5, 5.41) is 0. The lowest BCUT2D eigenvalue weighted by Gasteiger charge is -2.18. The fourth-order valence-electron chi connectivity index (χ4n) is 1.52. The maximum Gasteiger partial charge on any atom is 0.197 e. The molecule has 0 spiro atoms. The first-order valence-corrected chi connectivity index (χ1v) is 5.58. The number of furan rings is 1. The molecule has 0 amide bonds. The standard InChI is InChI=1S/C13H17N3O/c1-8-5-6-9(17-8)12-15-10(13(2,3)4)7-11(14)16-12/h5-7H,1-4H3,(H2,14,15,16). The molecule has 0 bridgehead atoms. The van der Waals surface area contributed by atoms with E-state index in [1.54, 1.807) is 6.07 Å². The Balaban J connectivity index is 2.52. The van der Waals surface area contributed by atoms with E-state index in [-0.39, 0.29) is 5.41 Å². The number of hydrogen-bond acceptors (Lipinski definition) is 4. The lowest BCUT2D eigenvalue weighted by atomic mass is 9.92. The molecule has 17 heavy (non-hydrogen) atoms. The summed E-state index contributed by atoms with van der Waals surface area (Å²) in [4.78, 5) is 8.71. The summed E-state index contributed by atoms with van der Waals surface area (Å²) in [6, 6.07) is 5.55. The maximum atomic E-state index is 5.81. The third-order valence-corrected chi connectivity index (χ3v) is 2.48. The van der Waals surface area contributed by atoms with E-state index in [1.807, 2.05) is 19.1 Å². The number of nitrogens with two attached hydrogens (primary N) is 1. The highest BCUT2D eigenvalue weighted by atomic mass is 16.3. The average Bonchev–Trinajstić information content (AvgIpc) is 2.62. The molecule has 0 saturated carbocycles. The molecule has 2 aromatic rings. The first-order chi connectivity index (χ1) is 7.86. The molecular formula is C13H17N3O. The van der Waals surface area contributed by atoms with Gasteiger partial charge in [-0.15, -0.1) is 0 Å². The number of aromatic nitrogens is 2. The summed E-state index contributed by atoms with van der Waals surface area (Å²) < 4.78 is 5.51. The molecule has 0 fully saturated rings. The van der Waals surface area contributed by atoms with Crippen molar-refractivity contribution in [3.8, 4) is 11.6 Å². The Bertz CT molecular complexity index is 538. The molecule has 2 rings (SSSR count). The molecule has 4 nitrogen and oxygen atoms in total. The number of anilines is 1. The SMILES string of the molecule is Cc1ccc(-c2nc(N)cc(C(C)(C)C)n2)o1. The van der Waals surface area contributed by atoms with Gasteiger partial charge in [-0.3, -0.25) is 0 Å². The highest BCUT2D eigenvalue weighted by molar-refractivity contribution is 5.51. The van der Waals surface area contributed by atoms with Gasteiger partial charge in [-0.2, -0.15) is 0 Å². The molecule has 0 saturated heterocycles. The quantitative estimate of drug-likeness (QED) is 0.819. The molecule has 0 aliphatic rings. The zero-order chi connectivity index (χ0) is 12.6. The molecule has 0 atom stereocenters. The lowest BCUT2D eigenvalue weighted by molar-refractivity contribution is 0.538. The Morgan fingerprint density at radius 3 is 2.41 bits per heavy atom. The van der Waals surface area contributed by atoms with Crippen molar-refractivity contribution in [2.24, 2.45) is 0 Å². The second kappa shape index (κ2) is 3.87.